The van der Waals surface area contributed by atoms with Crippen LogP contribution in [0.3, 0.4) is 0 Å². The molecule has 4 unspecified atom stereocenters. The first-order valence-electron chi connectivity index (χ1n) is 11.5. The second-order valence-corrected chi connectivity index (χ2v) is 9.16. The van der Waals surface area contributed by atoms with E-state index < -0.39 is 59.7 Å². The zero-order chi connectivity index (χ0) is 26.7. The number of rotatable bonds is 14. The summed E-state index contributed by atoms with van der Waals surface area (Å²) in [7, 11) is 0. The number of carboxylic acids is 1. The number of nitrogens with two attached hydrogens (primary N) is 2. The molecule has 0 heterocycles. The van der Waals surface area contributed by atoms with Crippen LogP contribution in [-0.4, -0.2) is 58.9 Å². The normalized spacial score (nSPS) is 14.5. The molecule has 0 radical (unpaired) electrons. The largest absolute Gasteiger partial charge is 0.480 e. The maximum absolute atomic E-state index is 13.0. The number of primary amides is 1. The molecule has 0 aliphatic carbocycles. The van der Waals surface area contributed by atoms with Gasteiger partial charge in [-0.25, -0.2) is 4.79 Å². The van der Waals surface area contributed by atoms with Crippen LogP contribution >= 0.6 is 0 Å². The van der Waals surface area contributed by atoms with Gasteiger partial charge in [-0.1, -0.05) is 58.0 Å². The van der Waals surface area contributed by atoms with Crippen LogP contribution in [0, 0.1) is 11.8 Å². The molecule has 4 amide bonds. The van der Waals surface area contributed by atoms with E-state index in [1.54, 1.807) is 27.7 Å². The van der Waals surface area contributed by atoms with Gasteiger partial charge in [-0.05, 0) is 30.2 Å². The van der Waals surface area contributed by atoms with E-state index >= 15 is 0 Å². The summed E-state index contributed by atoms with van der Waals surface area (Å²) in [6.45, 7) is 6.67. The average molecular weight is 492 g/mol. The number of hydrogen-bond acceptors (Lipinski definition) is 6. The number of carbonyl (C=O) groups excluding carboxylic acids is 4. The summed E-state index contributed by atoms with van der Waals surface area (Å²) in [6, 6.07) is 4.84. The summed E-state index contributed by atoms with van der Waals surface area (Å²) in [5.74, 6) is -4.66. The molecule has 0 saturated carbocycles. The molecule has 11 nitrogen and oxygen atoms in total. The lowest BCUT2D eigenvalue weighted by Gasteiger charge is -2.27. The van der Waals surface area contributed by atoms with Gasteiger partial charge >= 0.3 is 5.97 Å². The fourth-order valence-electron chi connectivity index (χ4n) is 3.34. The van der Waals surface area contributed by atoms with E-state index in [-0.39, 0.29) is 25.2 Å². The second-order valence-electron chi connectivity index (χ2n) is 9.16. The van der Waals surface area contributed by atoms with Gasteiger partial charge in [-0.15, -0.1) is 0 Å². The van der Waals surface area contributed by atoms with Gasteiger partial charge < -0.3 is 32.5 Å². The third-order valence-electron chi connectivity index (χ3n) is 5.42. The Balaban J connectivity index is 2.95. The Bertz CT molecular complexity index is 890. The fraction of sp³-hybridized carbons (Fsp3) is 0.542. The first-order chi connectivity index (χ1) is 16.3. The van der Waals surface area contributed by atoms with Gasteiger partial charge in [-0.3, -0.25) is 19.2 Å². The third kappa shape index (κ3) is 10.1. The summed E-state index contributed by atoms with van der Waals surface area (Å²) in [5, 5.41) is 16.9. The Morgan fingerprint density at radius 3 is 1.86 bits per heavy atom. The van der Waals surface area contributed by atoms with Crippen molar-refractivity contribution >= 4 is 29.6 Å². The van der Waals surface area contributed by atoms with Crippen LogP contribution in [0.1, 0.15) is 46.1 Å². The quantitative estimate of drug-likeness (QED) is 0.205. The molecule has 0 aliphatic rings. The molecule has 35 heavy (non-hydrogen) atoms. The number of hydrogen-bond donors (Lipinski definition) is 6. The molecule has 0 aromatic heterocycles. The van der Waals surface area contributed by atoms with E-state index in [1.807, 2.05) is 30.3 Å². The van der Waals surface area contributed by atoms with E-state index in [4.69, 9.17) is 11.5 Å². The Kier molecular flexibility index (Phi) is 11.9. The highest BCUT2D eigenvalue weighted by atomic mass is 16.4. The molecule has 11 heteroatoms. The zero-order valence-electron chi connectivity index (χ0n) is 20.6. The Labute approximate surface area is 205 Å². The van der Waals surface area contributed by atoms with E-state index in [0.717, 1.165) is 5.56 Å². The third-order valence-corrected chi connectivity index (χ3v) is 5.42. The topological polar surface area (TPSA) is 194 Å². The molecule has 0 aliphatic heterocycles. The Morgan fingerprint density at radius 1 is 0.829 bits per heavy atom. The van der Waals surface area contributed by atoms with Crippen molar-refractivity contribution in [2.24, 2.45) is 23.3 Å². The van der Waals surface area contributed by atoms with Gasteiger partial charge in [0.05, 0.1) is 6.04 Å². The van der Waals surface area contributed by atoms with Crippen LogP contribution in [0.4, 0.5) is 0 Å². The van der Waals surface area contributed by atoms with Gasteiger partial charge in [0, 0.05) is 6.42 Å². The number of amides is 4. The van der Waals surface area contributed by atoms with Crippen LogP contribution in [0.5, 0.6) is 0 Å². The molecule has 0 fully saturated rings. The van der Waals surface area contributed by atoms with Crippen molar-refractivity contribution in [3.05, 3.63) is 35.9 Å². The van der Waals surface area contributed by atoms with E-state index in [1.165, 1.54) is 0 Å². The van der Waals surface area contributed by atoms with E-state index in [9.17, 15) is 29.1 Å². The molecule has 194 valence electrons. The van der Waals surface area contributed by atoms with Crippen molar-refractivity contribution in [2.45, 2.75) is 71.1 Å². The van der Waals surface area contributed by atoms with Crippen LogP contribution in [0.15, 0.2) is 30.3 Å². The smallest absolute Gasteiger partial charge is 0.326 e. The molecule has 4 atom stereocenters. The lowest BCUT2D eigenvalue weighted by molar-refractivity contribution is -0.143. The van der Waals surface area contributed by atoms with Crippen molar-refractivity contribution in [2.75, 3.05) is 0 Å². The highest BCUT2D eigenvalue weighted by Crippen LogP contribution is 2.08. The highest BCUT2D eigenvalue weighted by molar-refractivity contribution is 5.94. The first kappa shape index (κ1) is 29.6. The SMILES string of the molecule is CC(C)C(NC(=O)C(CCC(N)=O)NC(=O)C(NC(=O)C(N)Cc1ccccc1)C(C)C)C(=O)O. The van der Waals surface area contributed by atoms with Gasteiger partial charge in [0.25, 0.3) is 0 Å². The maximum Gasteiger partial charge on any atom is 0.326 e. The van der Waals surface area contributed by atoms with Gasteiger partial charge in [-0.2, -0.15) is 0 Å². The van der Waals surface area contributed by atoms with E-state index in [0.29, 0.717) is 0 Å². The molecule has 1 aromatic carbocycles. The number of nitrogens with one attached hydrogen (secondary N) is 3. The lowest BCUT2D eigenvalue weighted by Crippen LogP contribution is -2.59. The standard InChI is InChI=1S/C24H37N5O6/c1-13(2)19(28-21(31)16(25)12-15-8-6-5-7-9-15)23(33)27-17(10-11-18(26)30)22(32)29-20(14(3)4)24(34)35/h5-9,13-14,16-17,19-20H,10-12,25H2,1-4H3,(H2,26,30)(H,27,33)(H,28,31)(H,29,32)(H,34,35). The highest BCUT2D eigenvalue weighted by Gasteiger charge is 2.32. The number of carboxylic acid groups (broad SMARTS) is 1. The molecular weight excluding hydrogens is 454 g/mol. The van der Waals surface area contributed by atoms with Crippen molar-refractivity contribution in [3.63, 3.8) is 0 Å². The van der Waals surface area contributed by atoms with Crippen LogP contribution in [0.2, 0.25) is 0 Å². The second kappa shape index (κ2) is 14.1. The van der Waals surface area contributed by atoms with Crippen molar-refractivity contribution in [1.29, 1.82) is 0 Å². The van der Waals surface area contributed by atoms with Gasteiger partial charge in [0.2, 0.25) is 23.6 Å². The number of aliphatic carboxylic acids is 1. The molecule has 0 saturated heterocycles. The number of carbonyl (C=O) groups is 5. The fourth-order valence-corrected chi connectivity index (χ4v) is 3.34. The van der Waals surface area contributed by atoms with Crippen molar-refractivity contribution in [3.8, 4) is 0 Å². The maximum atomic E-state index is 13.0. The summed E-state index contributed by atoms with van der Waals surface area (Å²) >= 11 is 0. The van der Waals surface area contributed by atoms with Crippen LogP contribution in [0.25, 0.3) is 0 Å². The predicted octanol–water partition coefficient (Wildman–Crippen LogP) is -0.327. The monoisotopic (exact) mass is 491 g/mol. The van der Waals surface area contributed by atoms with Crippen LogP contribution < -0.4 is 27.4 Å². The van der Waals surface area contributed by atoms with Crippen molar-refractivity contribution in [1.82, 2.24) is 16.0 Å². The zero-order valence-corrected chi connectivity index (χ0v) is 20.6. The van der Waals surface area contributed by atoms with Gasteiger partial charge in [0.1, 0.15) is 18.1 Å². The van der Waals surface area contributed by atoms with Crippen molar-refractivity contribution < 1.29 is 29.1 Å². The molecular formula is C24H37N5O6. The Morgan fingerprint density at radius 2 is 1.37 bits per heavy atom. The summed E-state index contributed by atoms with van der Waals surface area (Å²) in [6.07, 6.45) is -0.0728. The first-order valence-corrected chi connectivity index (χ1v) is 11.5. The Hall–Kier alpha value is -3.47. The molecule has 1 aromatic rings. The molecule has 1 rings (SSSR count). The molecule has 8 N–H and O–H groups in total. The lowest BCUT2D eigenvalue weighted by atomic mass is 10.00. The average Bonchev–Trinajstić information content (AvgIpc) is 2.77. The summed E-state index contributed by atoms with van der Waals surface area (Å²) in [4.78, 5) is 61.2. The summed E-state index contributed by atoms with van der Waals surface area (Å²) < 4.78 is 0. The predicted molar refractivity (Wildman–Crippen MR) is 130 cm³/mol. The van der Waals surface area contributed by atoms with E-state index in [2.05, 4.69) is 16.0 Å². The molecule has 0 bridgehead atoms. The minimum atomic E-state index is -1.23. The molecule has 0 spiro atoms. The minimum Gasteiger partial charge on any atom is -0.480 e. The summed E-state index contributed by atoms with van der Waals surface area (Å²) in [5.41, 5.74) is 12.1. The number of benzene rings is 1. The minimum absolute atomic E-state index is 0.135. The van der Waals surface area contributed by atoms with Gasteiger partial charge in [0.15, 0.2) is 0 Å². The van der Waals surface area contributed by atoms with Crippen LogP contribution in [-0.2, 0) is 30.4 Å².